The fourth-order valence-corrected chi connectivity index (χ4v) is 2.71. The highest BCUT2D eigenvalue weighted by Gasteiger charge is 2.21. The van der Waals surface area contributed by atoms with Crippen molar-refractivity contribution >= 4 is 0 Å². The summed E-state index contributed by atoms with van der Waals surface area (Å²) in [6.45, 7) is 0. The first-order valence-electron chi connectivity index (χ1n) is 7.71. The Morgan fingerprint density at radius 3 is 1.39 bits per heavy atom. The maximum Gasteiger partial charge on any atom is 0.294 e. The molecule has 2 nitrogen and oxygen atoms in total. The number of rotatable bonds is 5. The maximum atomic E-state index is 7.70. The van der Waals surface area contributed by atoms with Crippen molar-refractivity contribution in [1.82, 2.24) is 5.32 Å². The van der Waals surface area contributed by atoms with E-state index in [1.165, 1.54) is 11.1 Å². The third-order valence-electron chi connectivity index (χ3n) is 3.88. The Labute approximate surface area is 137 Å². The predicted molar refractivity (Wildman–Crippen MR) is 91.9 cm³/mol. The van der Waals surface area contributed by atoms with Gasteiger partial charge in [-0.3, -0.25) is 5.32 Å². The predicted octanol–water partition coefficient (Wildman–Crippen LogP) is 2.88. The summed E-state index contributed by atoms with van der Waals surface area (Å²) in [6, 6.07) is 33.0. The zero-order valence-corrected chi connectivity index (χ0v) is 12.8. The molecule has 0 aliphatic heterocycles. The zero-order chi connectivity index (χ0) is 15.9. The van der Waals surface area contributed by atoms with Crippen LogP contribution >= 0.6 is 0 Å². The molecular weight excluding hydrogens is 280 g/mol. The minimum atomic E-state index is -0.249. The van der Waals surface area contributed by atoms with Crippen LogP contribution in [0.4, 0.5) is 0 Å². The average molecular weight is 299 g/mol. The maximum absolute atomic E-state index is 7.70. The van der Waals surface area contributed by atoms with Crippen LogP contribution in [-0.2, 0) is 0 Å². The second-order valence-electron chi connectivity index (χ2n) is 5.41. The van der Waals surface area contributed by atoms with Crippen molar-refractivity contribution in [2.24, 2.45) is 0 Å². The van der Waals surface area contributed by atoms with Gasteiger partial charge in [0.05, 0.1) is 6.04 Å². The number of hydrogen-bond donors (Lipinski definition) is 2. The van der Waals surface area contributed by atoms with Crippen molar-refractivity contribution in [2.75, 3.05) is 0 Å². The summed E-state index contributed by atoms with van der Waals surface area (Å²) in [5.41, 5.74) is 3.39. The molecule has 3 rings (SSSR count). The van der Waals surface area contributed by atoms with Crippen LogP contribution in [0.5, 0.6) is 0 Å². The van der Waals surface area contributed by atoms with E-state index >= 15 is 0 Å². The van der Waals surface area contributed by atoms with Crippen LogP contribution in [-0.4, -0.2) is 0 Å². The lowest BCUT2D eigenvalue weighted by molar-refractivity contribution is -0.0971. The molecular formula is C21H19N2+. The third kappa shape index (κ3) is 3.66. The van der Waals surface area contributed by atoms with Crippen LogP contribution in [0.3, 0.4) is 0 Å². The lowest BCUT2D eigenvalue weighted by Crippen LogP contribution is -2.31. The van der Waals surface area contributed by atoms with Crippen molar-refractivity contribution in [2.45, 2.75) is 12.1 Å². The molecule has 3 aromatic carbocycles. The van der Waals surface area contributed by atoms with Gasteiger partial charge in [-0.25, -0.2) is 0 Å². The molecule has 0 bridgehead atoms. The summed E-state index contributed by atoms with van der Waals surface area (Å²) in [4.78, 5) is 0. The van der Waals surface area contributed by atoms with Crippen molar-refractivity contribution in [3.63, 3.8) is 0 Å². The van der Waals surface area contributed by atoms with Gasteiger partial charge in [-0.2, -0.15) is 0 Å². The Morgan fingerprint density at radius 1 is 0.609 bits per heavy atom. The molecule has 0 aromatic heterocycles. The molecule has 0 saturated heterocycles. The molecule has 0 radical (unpaired) electrons. The zero-order valence-electron chi connectivity index (χ0n) is 12.8. The summed E-state index contributed by atoms with van der Waals surface area (Å²) in [7, 11) is 0. The number of nitrogens with one attached hydrogen (secondary N) is 2. The van der Waals surface area contributed by atoms with Crippen LogP contribution in [0.15, 0.2) is 91.0 Å². The summed E-state index contributed by atoms with van der Waals surface area (Å²) < 4.78 is 0. The second-order valence-corrected chi connectivity index (χ2v) is 5.41. The highest BCUT2D eigenvalue weighted by Crippen LogP contribution is 2.25. The molecule has 0 amide bonds. The second kappa shape index (κ2) is 7.40. The lowest BCUT2D eigenvalue weighted by atomic mass is 9.96. The van der Waals surface area contributed by atoms with Crippen molar-refractivity contribution in [3.8, 4) is 6.07 Å². The molecule has 1 atom stereocenters. The van der Waals surface area contributed by atoms with E-state index in [0.717, 1.165) is 5.56 Å². The first-order valence-corrected chi connectivity index (χ1v) is 7.71. The minimum absolute atomic E-state index is 0.0143. The summed E-state index contributed by atoms with van der Waals surface area (Å²) in [5.74, 6) is 0. The molecule has 3 aromatic rings. The molecule has 0 aliphatic rings. The SMILES string of the molecule is [NH+]#C[C@@H](NC(c1ccccc1)c1ccccc1)c1ccccc1. The van der Waals surface area contributed by atoms with Crippen LogP contribution in [0.1, 0.15) is 28.8 Å². The van der Waals surface area contributed by atoms with Gasteiger partial charge in [0.1, 0.15) is 0 Å². The van der Waals surface area contributed by atoms with E-state index in [1.807, 2.05) is 66.7 Å². The molecule has 0 heterocycles. The lowest BCUT2D eigenvalue weighted by Gasteiger charge is -2.22. The molecule has 0 saturated carbocycles. The largest absolute Gasteiger partial charge is 0.294 e. The minimum Gasteiger partial charge on any atom is -0.284 e. The van der Waals surface area contributed by atoms with Gasteiger partial charge in [-0.1, -0.05) is 96.3 Å². The standard InChI is InChI=1S/C21H18N2/c22-16-20(17-10-4-1-5-11-17)23-21(18-12-6-2-7-13-18)19-14-8-3-9-15-19/h1-15,20-21,23H/p+1/t20-/m1/s1. The normalized spacial score (nSPS) is 11.8. The van der Waals surface area contributed by atoms with E-state index in [9.17, 15) is 0 Å². The van der Waals surface area contributed by atoms with Gasteiger partial charge in [-0.15, -0.1) is 0 Å². The summed E-state index contributed by atoms with van der Waals surface area (Å²) >= 11 is 0. The van der Waals surface area contributed by atoms with E-state index in [2.05, 4.69) is 35.7 Å². The van der Waals surface area contributed by atoms with Crippen LogP contribution in [0.25, 0.3) is 0 Å². The van der Waals surface area contributed by atoms with Crippen molar-refractivity contribution in [3.05, 3.63) is 108 Å². The first-order chi connectivity index (χ1) is 11.4. The Hall–Kier alpha value is -2.89. The highest BCUT2D eigenvalue weighted by molar-refractivity contribution is 5.33. The third-order valence-corrected chi connectivity index (χ3v) is 3.88. The number of hydrogen-bond acceptors (Lipinski definition) is 1. The van der Waals surface area contributed by atoms with E-state index in [4.69, 9.17) is 5.26 Å². The van der Waals surface area contributed by atoms with Gasteiger partial charge in [0, 0.05) is 0 Å². The van der Waals surface area contributed by atoms with Gasteiger partial charge in [0.15, 0.2) is 6.04 Å². The Balaban J connectivity index is 1.95. The molecule has 112 valence electrons. The van der Waals surface area contributed by atoms with Gasteiger partial charge in [0.2, 0.25) is 0 Å². The Morgan fingerprint density at radius 2 is 1.00 bits per heavy atom. The topological polar surface area (TPSA) is 35.8 Å². The fraction of sp³-hybridized carbons (Fsp3) is 0.0952. The summed E-state index contributed by atoms with van der Waals surface area (Å²) in [6.07, 6.45) is 0. The van der Waals surface area contributed by atoms with E-state index in [1.54, 1.807) is 0 Å². The summed E-state index contributed by atoms with van der Waals surface area (Å²) in [5, 5.41) is 11.3. The number of benzene rings is 3. The smallest absolute Gasteiger partial charge is 0.284 e. The molecule has 0 unspecified atom stereocenters. The fourth-order valence-electron chi connectivity index (χ4n) is 2.71. The van der Waals surface area contributed by atoms with E-state index in [-0.39, 0.29) is 12.1 Å². The quantitative estimate of drug-likeness (QED) is 0.746. The van der Waals surface area contributed by atoms with Crippen molar-refractivity contribution in [1.29, 1.82) is 0 Å². The van der Waals surface area contributed by atoms with E-state index in [0.29, 0.717) is 0 Å². The van der Waals surface area contributed by atoms with Crippen LogP contribution in [0, 0.1) is 6.07 Å². The average Bonchev–Trinajstić information content (AvgIpc) is 2.65. The van der Waals surface area contributed by atoms with Crippen LogP contribution in [0.2, 0.25) is 0 Å². The van der Waals surface area contributed by atoms with Gasteiger partial charge in [-0.05, 0) is 16.7 Å². The van der Waals surface area contributed by atoms with Crippen molar-refractivity contribution < 1.29 is 5.26 Å². The molecule has 0 spiro atoms. The van der Waals surface area contributed by atoms with Gasteiger partial charge >= 0.3 is 0 Å². The van der Waals surface area contributed by atoms with Gasteiger partial charge < -0.3 is 0 Å². The molecule has 2 heteroatoms. The first kappa shape index (κ1) is 15.0. The highest BCUT2D eigenvalue weighted by atomic mass is 15.0. The van der Waals surface area contributed by atoms with Gasteiger partial charge in [0.25, 0.3) is 6.07 Å². The monoisotopic (exact) mass is 299 g/mol. The molecule has 23 heavy (non-hydrogen) atoms. The molecule has 2 N–H and O–H groups in total. The molecule has 0 aliphatic carbocycles. The molecule has 0 fully saturated rings. The van der Waals surface area contributed by atoms with Crippen LogP contribution < -0.4 is 10.6 Å². The van der Waals surface area contributed by atoms with E-state index < -0.39 is 0 Å². The Bertz CT molecular complexity index is 722. The Kier molecular flexibility index (Phi) is 4.83.